The number of nitrogens with one attached hydrogen (secondary N) is 1. The lowest BCUT2D eigenvalue weighted by Crippen LogP contribution is -2.46. The second-order valence-corrected chi connectivity index (χ2v) is 6.30. The summed E-state index contributed by atoms with van der Waals surface area (Å²) in [5.74, 6) is -0.431. The van der Waals surface area contributed by atoms with Gasteiger partial charge in [-0.2, -0.15) is 0 Å². The fourth-order valence-electron chi connectivity index (χ4n) is 3.06. The van der Waals surface area contributed by atoms with Crippen LogP contribution in [0.15, 0.2) is 54.6 Å². The molecule has 0 bridgehead atoms. The molecule has 0 aromatic heterocycles. The number of carbonyl (C=O) groups excluding carboxylic acids is 2. The molecular weight excluding hydrogens is 319 g/mol. The van der Waals surface area contributed by atoms with Gasteiger partial charge < -0.3 is 10.2 Å². The van der Waals surface area contributed by atoms with Crippen molar-refractivity contribution in [3.8, 4) is 0 Å². The van der Waals surface area contributed by atoms with Gasteiger partial charge in [-0.3, -0.25) is 9.59 Å². The Labute approximate surface area is 146 Å². The quantitative estimate of drug-likeness (QED) is 0.930. The Hall–Kier alpha value is -2.69. The normalized spacial score (nSPS) is 15.0. The smallest absolute Gasteiger partial charge is 0.253 e. The maximum atomic E-state index is 13.0. The summed E-state index contributed by atoms with van der Waals surface area (Å²) in [6.45, 7) is 1.18. The number of halogens is 1. The predicted molar refractivity (Wildman–Crippen MR) is 93.6 cm³/mol. The molecule has 0 unspecified atom stereocenters. The van der Waals surface area contributed by atoms with Crippen molar-refractivity contribution >= 4 is 11.8 Å². The first-order chi connectivity index (χ1) is 12.1. The van der Waals surface area contributed by atoms with Crippen LogP contribution >= 0.6 is 0 Å². The minimum atomic E-state index is -0.351. The van der Waals surface area contributed by atoms with Crippen LogP contribution in [0.3, 0.4) is 0 Å². The van der Waals surface area contributed by atoms with Gasteiger partial charge in [0.05, 0.1) is 6.42 Å². The van der Waals surface area contributed by atoms with Gasteiger partial charge in [0.1, 0.15) is 5.82 Å². The lowest BCUT2D eigenvalue weighted by atomic mass is 10.0. The molecule has 0 saturated carbocycles. The third kappa shape index (κ3) is 4.66. The van der Waals surface area contributed by atoms with Gasteiger partial charge >= 0.3 is 0 Å². The molecule has 5 heteroatoms. The van der Waals surface area contributed by atoms with E-state index in [0.29, 0.717) is 25.1 Å². The van der Waals surface area contributed by atoms with Crippen molar-refractivity contribution in [3.63, 3.8) is 0 Å². The van der Waals surface area contributed by atoms with Crippen LogP contribution in [-0.2, 0) is 11.2 Å². The Morgan fingerprint density at radius 3 is 2.28 bits per heavy atom. The van der Waals surface area contributed by atoms with E-state index in [2.05, 4.69) is 5.32 Å². The van der Waals surface area contributed by atoms with E-state index < -0.39 is 0 Å². The molecule has 2 aromatic carbocycles. The zero-order valence-electron chi connectivity index (χ0n) is 14.0. The fraction of sp³-hybridized carbons (Fsp3) is 0.300. The summed E-state index contributed by atoms with van der Waals surface area (Å²) in [5.41, 5.74) is 1.48. The summed E-state index contributed by atoms with van der Waals surface area (Å²) >= 11 is 0. The van der Waals surface area contributed by atoms with Gasteiger partial charge in [0.25, 0.3) is 5.91 Å². The van der Waals surface area contributed by atoms with Crippen molar-refractivity contribution in [1.82, 2.24) is 10.2 Å². The second kappa shape index (κ2) is 7.92. The number of amides is 2. The molecule has 1 aliphatic heterocycles. The van der Waals surface area contributed by atoms with Crippen LogP contribution in [0.5, 0.6) is 0 Å². The molecule has 0 spiro atoms. The van der Waals surface area contributed by atoms with Gasteiger partial charge in [0.15, 0.2) is 0 Å². The van der Waals surface area contributed by atoms with E-state index in [4.69, 9.17) is 0 Å². The van der Waals surface area contributed by atoms with E-state index in [9.17, 15) is 14.0 Å². The van der Waals surface area contributed by atoms with E-state index >= 15 is 0 Å². The van der Waals surface area contributed by atoms with Crippen molar-refractivity contribution < 1.29 is 14.0 Å². The van der Waals surface area contributed by atoms with Crippen LogP contribution in [0.2, 0.25) is 0 Å². The van der Waals surface area contributed by atoms with Crippen molar-refractivity contribution in [2.24, 2.45) is 0 Å². The van der Waals surface area contributed by atoms with Crippen LogP contribution in [0, 0.1) is 5.82 Å². The zero-order valence-corrected chi connectivity index (χ0v) is 14.0. The molecule has 1 fully saturated rings. The van der Waals surface area contributed by atoms with Crippen LogP contribution in [0.4, 0.5) is 4.39 Å². The van der Waals surface area contributed by atoms with Gasteiger partial charge in [-0.05, 0) is 42.7 Å². The number of carbonyl (C=O) groups is 2. The Morgan fingerprint density at radius 1 is 1.00 bits per heavy atom. The number of likely N-dealkylation sites (tertiary alicyclic amines) is 1. The molecule has 3 rings (SSSR count). The summed E-state index contributed by atoms with van der Waals surface area (Å²) < 4.78 is 13.0. The monoisotopic (exact) mass is 340 g/mol. The van der Waals surface area contributed by atoms with Crippen molar-refractivity contribution in [2.45, 2.75) is 25.3 Å². The van der Waals surface area contributed by atoms with Crippen LogP contribution < -0.4 is 5.32 Å². The Kier molecular flexibility index (Phi) is 5.43. The van der Waals surface area contributed by atoms with Crippen molar-refractivity contribution in [2.75, 3.05) is 13.1 Å². The first kappa shape index (κ1) is 17.1. The molecule has 0 aliphatic carbocycles. The Bertz CT molecular complexity index is 723. The maximum Gasteiger partial charge on any atom is 0.253 e. The standard InChI is InChI=1S/C20H21FN2O2/c21-17-8-6-16(7-9-17)20(25)23-12-10-18(11-13-23)22-19(24)14-15-4-2-1-3-5-15/h1-9,18H,10-14H2,(H,22,24). The minimum Gasteiger partial charge on any atom is -0.353 e. The molecule has 1 saturated heterocycles. The zero-order chi connectivity index (χ0) is 17.6. The highest BCUT2D eigenvalue weighted by molar-refractivity contribution is 5.94. The largest absolute Gasteiger partial charge is 0.353 e. The SMILES string of the molecule is O=C(Cc1ccccc1)NC1CCN(C(=O)c2ccc(F)cc2)CC1. The number of piperidine rings is 1. The summed E-state index contributed by atoms with van der Waals surface area (Å²) in [7, 11) is 0. The number of hydrogen-bond donors (Lipinski definition) is 1. The highest BCUT2D eigenvalue weighted by Gasteiger charge is 2.24. The molecule has 2 amide bonds. The lowest BCUT2D eigenvalue weighted by Gasteiger charge is -2.32. The first-order valence-electron chi connectivity index (χ1n) is 8.50. The van der Waals surface area contributed by atoms with Gasteiger partial charge in [0.2, 0.25) is 5.91 Å². The number of benzene rings is 2. The van der Waals surface area contributed by atoms with E-state index in [1.54, 1.807) is 4.90 Å². The van der Waals surface area contributed by atoms with Crippen LogP contribution in [0.25, 0.3) is 0 Å². The highest BCUT2D eigenvalue weighted by Crippen LogP contribution is 2.15. The van der Waals surface area contributed by atoms with Gasteiger partial charge in [0, 0.05) is 24.7 Å². The molecule has 1 heterocycles. The average molecular weight is 340 g/mol. The third-order valence-corrected chi connectivity index (χ3v) is 4.45. The molecule has 25 heavy (non-hydrogen) atoms. The van der Waals surface area contributed by atoms with E-state index in [1.807, 2.05) is 30.3 Å². The summed E-state index contributed by atoms with van der Waals surface area (Å²) in [6, 6.07) is 15.3. The van der Waals surface area contributed by atoms with Crippen LogP contribution in [0.1, 0.15) is 28.8 Å². The van der Waals surface area contributed by atoms with E-state index in [0.717, 1.165) is 18.4 Å². The lowest BCUT2D eigenvalue weighted by molar-refractivity contribution is -0.121. The van der Waals surface area contributed by atoms with Crippen molar-refractivity contribution in [3.05, 3.63) is 71.5 Å². The summed E-state index contributed by atoms with van der Waals surface area (Å²) in [5, 5.41) is 3.05. The average Bonchev–Trinajstić information content (AvgIpc) is 2.63. The van der Waals surface area contributed by atoms with Gasteiger partial charge in [-0.15, -0.1) is 0 Å². The molecule has 130 valence electrons. The number of nitrogens with zero attached hydrogens (tertiary/aromatic N) is 1. The van der Waals surface area contributed by atoms with Crippen molar-refractivity contribution in [1.29, 1.82) is 0 Å². The third-order valence-electron chi connectivity index (χ3n) is 4.45. The first-order valence-corrected chi connectivity index (χ1v) is 8.50. The molecule has 0 radical (unpaired) electrons. The topological polar surface area (TPSA) is 49.4 Å². The predicted octanol–water partition coefficient (Wildman–Crippen LogP) is 2.79. The summed E-state index contributed by atoms with van der Waals surface area (Å²) in [6.07, 6.45) is 1.83. The molecule has 4 nitrogen and oxygen atoms in total. The minimum absolute atomic E-state index is 0.00881. The second-order valence-electron chi connectivity index (χ2n) is 6.30. The van der Waals surface area contributed by atoms with E-state index in [-0.39, 0.29) is 23.7 Å². The molecule has 1 aliphatic rings. The molecule has 1 N–H and O–H groups in total. The molecule has 0 atom stereocenters. The van der Waals surface area contributed by atoms with Gasteiger partial charge in [-0.1, -0.05) is 30.3 Å². The van der Waals surface area contributed by atoms with E-state index in [1.165, 1.54) is 24.3 Å². The number of rotatable bonds is 4. The van der Waals surface area contributed by atoms with Gasteiger partial charge in [-0.25, -0.2) is 4.39 Å². The molecule has 2 aromatic rings. The Morgan fingerprint density at radius 2 is 1.64 bits per heavy atom. The fourth-order valence-corrected chi connectivity index (χ4v) is 3.06. The number of hydrogen-bond acceptors (Lipinski definition) is 2. The highest BCUT2D eigenvalue weighted by atomic mass is 19.1. The maximum absolute atomic E-state index is 13.0. The Balaban J connectivity index is 1.47. The molecular formula is C20H21FN2O2. The van der Waals surface area contributed by atoms with Crippen LogP contribution in [-0.4, -0.2) is 35.8 Å². The summed E-state index contributed by atoms with van der Waals surface area (Å²) in [4.78, 5) is 26.3.